The van der Waals surface area contributed by atoms with Gasteiger partial charge in [0.1, 0.15) is 30.0 Å². The topological polar surface area (TPSA) is 143 Å². The number of carbonyl (C=O) groups excluding carboxylic acids is 2. The van der Waals surface area contributed by atoms with Crippen molar-refractivity contribution >= 4 is 11.9 Å². The second-order valence-electron chi connectivity index (χ2n) is 14.8. The quantitative estimate of drug-likeness (QED) is 0.279. The number of fused-ring (bicyclic) bond motifs is 3. The minimum atomic E-state index is -1.89. The molecule has 238 valence electrons. The van der Waals surface area contributed by atoms with Gasteiger partial charge in [0.25, 0.3) is 5.97 Å². The Morgan fingerprint density at radius 1 is 1.02 bits per heavy atom. The van der Waals surface area contributed by atoms with Gasteiger partial charge in [0, 0.05) is 43.9 Å². The third-order valence-electron chi connectivity index (χ3n) is 12.6. The SMILES string of the molecule is C=C(C)[C@@]12O[C@@]34CCCCCCC[C@H](C)[C@@H]5[C@@H]6[C@]7(O[C@]5(C)OC7=O)[C@H](O)[C@@]5(CO)O[C@H]5[C@H]([C@H]1O3)[C@]6(O4)[C@H](C)[C@H]2OC(C)=O. The van der Waals surface area contributed by atoms with Crippen molar-refractivity contribution in [1.29, 1.82) is 0 Å². The molecule has 2 saturated carbocycles. The predicted octanol–water partition coefficient (Wildman–Crippen LogP) is 2.50. The predicted molar refractivity (Wildman–Crippen MR) is 146 cm³/mol. The Hall–Kier alpha value is -1.60. The zero-order valence-corrected chi connectivity index (χ0v) is 25.6. The largest absolute Gasteiger partial charge is 0.459 e. The van der Waals surface area contributed by atoms with Crippen molar-refractivity contribution in [2.75, 3.05) is 6.61 Å². The monoisotopic (exact) mass is 604 g/mol. The van der Waals surface area contributed by atoms with E-state index in [1.807, 2.05) is 13.8 Å². The molecule has 0 aromatic carbocycles. The number of aliphatic hydroxyl groups is 2. The van der Waals surface area contributed by atoms with Crippen LogP contribution < -0.4 is 0 Å². The lowest BCUT2D eigenvalue weighted by atomic mass is 9.49. The highest BCUT2D eigenvalue weighted by atomic mass is 16.9. The van der Waals surface area contributed by atoms with Crippen molar-refractivity contribution in [3.05, 3.63) is 12.2 Å². The lowest BCUT2D eigenvalue weighted by Gasteiger charge is -2.63. The molecule has 6 saturated heterocycles. The highest BCUT2D eigenvalue weighted by Crippen LogP contribution is 2.77. The third-order valence-corrected chi connectivity index (χ3v) is 12.6. The van der Waals surface area contributed by atoms with Crippen LogP contribution in [0.3, 0.4) is 0 Å². The summed E-state index contributed by atoms with van der Waals surface area (Å²) in [6, 6.07) is 0. The molecule has 43 heavy (non-hydrogen) atoms. The van der Waals surface area contributed by atoms with E-state index in [1.165, 1.54) is 6.92 Å². The van der Waals surface area contributed by atoms with Crippen LogP contribution in [0.25, 0.3) is 0 Å². The number of epoxide rings is 1. The molecule has 8 fully saturated rings. The van der Waals surface area contributed by atoms with Crippen molar-refractivity contribution in [2.45, 2.75) is 138 Å². The van der Waals surface area contributed by atoms with E-state index in [9.17, 15) is 19.8 Å². The molecule has 0 aromatic rings. The van der Waals surface area contributed by atoms with E-state index in [4.69, 9.17) is 33.2 Å². The number of hydrogen-bond donors (Lipinski definition) is 2. The maximum Gasteiger partial charge on any atom is 0.344 e. The highest BCUT2D eigenvalue weighted by molar-refractivity contribution is 5.86. The molecule has 0 radical (unpaired) electrons. The first-order valence-corrected chi connectivity index (χ1v) is 16.1. The summed E-state index contributed by atoms with van der Waals surface area (Å²) in [6.07, 6.45) is 2.20. The van der Waals surface area contributed by atoms with Crippen LogP contribution in [0.2, 0.25) is 0 Å². The van der Waals surface area contributed by atoms with Gasteiger partial charge in [0.05, 0.1) is 12.2 Å². The molecule has 0 aromatic heterocycles. The summed E-state index contributed by atoms with van der Waals surface area (Å²) in [5.41, 5.74) is -5.36. The summed E-state index contributed by atoms with van der Waals surface area (Å²) in [4.78, 5) is 26.9. The van der Waals surface area contributed by atoms with Crippen LogP contribution in [0, 0.1) is 29.6 Å². The van der Waals surface area contributed by atoms with Crippen LogP contribution in [-0.2, 0) is 42.7 Å². The Balaban J connectivity index is 1.45. The zero-order chi connectivity index (χ0) is 30.5. The van der Waals surface area contributed by atoms with Gasteiger partial charge < -0.3 is 43.4 Å². The molecular weight excluding hydrogens is 560 g/mol. The van der Waals surface area contributed by atoms with Gasteiger partial charge in [-0.25, -0.2) is 4.79 Å². The van der Waals surface area contributed by atoms with Crippen LogP contribution in [0.4, 0.5) is 0 Å². The standard InChI is InChI=1S/C32H44O11/c1-15(2)30-22(37-18(5)34)17(4)31-20-23-28(14-33,38-23)25(35)32-21(31)19(27(6,41-32)40-26(32)36)16(3)12-10-8-7-9-11-13-29(42-30,43-31)39-24(20)30/h16-17,19-25,33,35H,1,7-14H2,2-6H3/t16-,17+,19+,20+,21-,22+,23-,24+,25+,27-,28-,29+,30-,31+,32-/m0/s1. The van der Waals surface area contributed by atoms with Gasteiger partial charge in [0.2, 0.25) is 11.4 Å². The van der Waals surface area contributed by atoms with Crippen LogP contribution in [0.15, 0.2) is 12.2 Å². The van der Waals surface area contributed by atoms with E-state index in [-0.39, 0.29) is 11.8 Å². The van der Waals surface area contributed by atoms with Crippen molar-refractivity contribution in [3.8, 4) is 0 Å². The van der Waals surface area contributed by atoms with Crippen molar-refractivity contribution in [3.63, 3.8) is 0 Å². The Labute approximate surface area is 251 Å². The average Bonchev–Trinajstić information content (AvgIpc) is 3.43. The summed E-state index contributed by atoms with van der Waals surface area (Å²) >= 11 is 0. The van der Waals surface area contributed by atoms with Crippen molar-refractivity contribution in [2.24, 2.45) is 29.6 Å². The van der Waals surface area contributed by atoms with E-state index < -0.39 is 94.9 Å². The van der Waals surface area contributed by atoms with Gasteiger partial charge >= 0.3 is 11.9 Å². The maximum atomic E-state index is 14.2. The molecular formula is C32H44O11. The average molecular weight is 605 g/mol. The first-order chi connectivity index (χ1) is 20.3. The molecule has 8 aliphatic rings. The smallest absolute Gasteiger partial charge is 0.344 e. The summed E-state index contributed by atoms with van der Waals surface area (Å²) in [5.74, 6) is -6.35. The highest BCUT2D eigenvalue weighted by Gasteiger charge is 2.95. The van der Waals surface area contributed by atoms with Gasteiger partial charge in [0.15, 0.2) is 5.60 Å². The van der Waals surface area contributed by atoms with Crippen molar-refractivity contribution < 1.29 is 53.0 Å². The Morgan fingerprint density at radius 3 is 2.44 bits per heavy atom. The summed E-state index contributed by atoms with van der Waals surface area (Å²) in [7, 11) is 0. The first-order valence-electron chi connectivity index (χ1n) is 16.1. The fourth-order valence-corrected chi connectivity index (χ4v) is 11.1. The number of esters is 2. The molecule has 8 rings (SSSR count). The van der Waals surface area contributed by atoms with E-state index in [2.05, 4.69) is 13.5 Å². The van der Waals surface area contributed by atoms with Gasteiger partial charge in [-0.3, -0.25) is 4.79 Å². The second-order valence-corrected chi connectivity index (χ2v) is 14.8. The van der Waals surface area contributed by atoms with Gasteiger partial charge in [-0.2, -0.15) is 0 Å². The van der Waals surface area contributed by atoms with Crippen LogP contribution >= 0.6 is 0 Å². The molecule has 0 unspecified atom stereocenters. The van der Waals surface area contributed by atoms with Crippen LogP contribution in [-0.4, -0.2) is 87.3 Å². The summed E-state index contributed by atoms with van der Waals surface area (Å²) < 4.78 is 46.5. The van der Waals surface area contributed by atoms with E-state index in [0.29, 0.717) is 12.0 Å². The molecule has 11 heteroatoms. The van der Waals surface area contributed by atoms with Crippen LogP contribution in [0.1, 0.15) is 79.6 Å². The minimum Gasteiger partial charge on any atom is -0.459 e. The molecule has 3 spiro atoms. The van der Waals surface area contributed by atoms with E-state index in [0.717, 1.165) is 38.5 Å². The molecule has 6 heterocycles. The Morgan fingerprint density at radius 2 is 1.74 bits per heavy atom. The van der Waals surface area contributed by atoms with E-state index >= 15 is 0 Å². The summed E-state index contributed by atoms with van der Waals surface area (Å²) in [5, 5.41) is 23.2. The third kappa shape index (κ3) is 3.07. The van der Waals surface area contributed by atoms with Gasteiger partial charge in [-0.1, -0.05) is 52.5 Å². The second kappa shape index (κ2) is 8.60. The minimum absolute atomic E-state index is 0.0153. The number of rotatable bonds is 3. The first kappa shape index (κ1) is 28.8. The fraction of sp³-hybridized carbons (Fsp3) is 0.875. The van der Waals surface area contributed by atoms with Gasteiger partial charge in [-0.15, -0.1) is 0 Å². The number of aliphatic hydroxyl groups excluding tert-OH is 2. The Bertz CT molecular complexity index is 1290. The molecule has 2 aliphatic carbocycles. The lowest BCUT2D eigenvalue weighted by Crippen LogP contribution is -2.78. The summed E-state index contributed by atoms with van der Waals surface area (Å²) in [6.45, 7) is 12.9. The molecule has 0 amide bonds. The molecule has 15 atom stereocenters. The lowest BCUT2D eigenvalue weighted by molar-refractivity contribution is -0.436. The number of carbonyl (C=O) groups is 2. The zero-order valence-electron chi connectivity index (χ0n) is 25.6. The fourth-order valence-electron chi connectivity index (χ4n) is 11.1. The maximum absolute atomic E-state index is 14.2. The van der Waals surface area contributed by atoms with Gasteiger partial charge in [-0.05, 0) is 24.8 Å². The Kier molecular flexibility index (Phi) is 5.77. The number of hydrogen-bond acceptors (Lipinski definition) is 11. The van der Waals surface area contributed by atoms with Crippen LogP contribution in [0.5, 0.6) is 0 Å². The normalized spacial score (nSPS) is 59.2. The molecule has 5 bridgehead atoms. The van der Waals surface area contributed by atoms with E-state index in [1.54, 1.807) is 6.92 Å². The molecule has 11 nitrogen and oxygen atoms in total. The van der Waals surface area contributed by atoms with Crippen molar-refractivity contribution in [1.82, 2.24) is 0 Å². The molecule has 2 N–H and O–H groups in total. The number of ether oxygens (including phenoxy) is 7. The molecule has 6 aliphatic heterocycles.